The zero-order valence-corrected chi connectivity index (χ0v) is 7.74. The number of amides is 2. The molecule has 2 aliphatic rings. The molecule has 0 saturated carbocycles. The lowest BCUT2D eigenvalue weighted by atomic mass is 10.6. The Labute approximate surface area is 77.3 Å². The Bertz CT molecular complexity index is 292. The second-order valence-corrected chi connectivity index (χ2v) is 2.95. The molecule has 70 valence electrons. The van der Waals surface area contributed by atoms with Crippen LogP contribution in [0.2, 0.25) is 0 Å². The molecule has 0 aromatic rings. The first-order chi connectivity index (χ1) is 6.09. The molecule has 4 nitrogen and oxygen atoms in total. The van der Waals surface area contributed by atoms with Crippen LogP contribution in [-0.4, -0.2) is 25.1 Å². The van der Waals surface area contributed by atoms with Gasteiger partial charge in [0.05, 0.1) is 0 Å². The van der Waals surface area contributed by atoms with E-state index in [1.54, 1.807) is 14.1 Å². The molecule has 13 heavy (non-hydrogen) atoms. The number of carbonyl (C=O) groups excluding carboxylic acids is 1. The van der Waals surface area contributed by atoms with Gasteiger partial charge in [0.15, 0.2) is 0 Å². The van der Waals surface area contributed by atoms with Crippen LogP contribution >= 0.6 is 0 Å². The molecule has 0 aliphatic heterocycles. The van der Waals surface area contributed by atoms with Crippen LogP contribution in [0.15, 0.2) is 24.3 Å². The van der Waals surface area contributed by atoms with E-state index < -0.39 is 6.03 Å². The van der Waals surface area contributed by atoms with E-state index in [0.717, 1.165) is 0 Å². The molecule has 0 spiro atoms. The van der Waals surface area contributed by atoms with Gasteiger partial charge in [-0.05, 0) is 17.2 Å². The number of benzene rings is 1. The number of hydrogen-bond donors (Lipinski definition) is 2. The molecule has 2 rings (SSSR count). The van der Waals surface area contributed by atoms with Gasteiger partial charge in [-0.1, -0.05) is 18.2 Å². The molecule has 0 aromatic carbocycles. The summed E-state index contributed by atoms with van der Waals surface area (Å²) >= 11 is 0. The van der Waals surface area contributed by atoms with Gasteiger partial charge in [0, 0.05) is 14.1 Å². The van der Waals surface area contributed by atoms with Crippen molar-refractivity contribution < 1.29 is 4.79 Å². The molecule has 2 amide bonds. The van der Waals surface area contributed by atoms with Crippen LogP contribution in [0.1, 0.15) is 0 Å². The highest BCUT2D eigenvalue weighted by molar-refractivity contribution is 5.80. The van der Waals surface area contributed by atoms with E-state index in [-0.39, 0.29) is 0 Å². The normalized spacial score (nSPS) is 10.1. The van der Waals surface area contributed by atoms with E-state index in [4.69, 9.17) is 5.73 Å². The van der Waals surface area contributed by atoms with Gasteiger partial charge in [-0.15, -0.1) is 0 Å². The van der Waals surface area contributed by atoms with Gasteiger partial charge >= 0.3 is 6.03 Å². The Morgan fingerprint density at radius 2 is 1.92 bits per heavy atom. The average Bonchev–Trinajstić information content (AvgIpc) is 2.57. The third-order valence-corrected chi connectivity index (χ3v) is 1.45. The predicted molar refractivity (Wildman–Crippen MR) is 51.8 cm³/mol. The molecule has 0 fully saturated rings. The minimum Gasteiger partial charge on any atom is -0.351 e. The van der Waals surface area contributed by atoms with Crippen LogP contribution in [0.25, 0.3) is 11.1 Å². The van der Waals surface area contributed by atoms with E-state index in [2.05, 4.69) is 29.7 Å². The van der Waals surface area contributed by atoms with E-state index in [0.29, 0.717) is 0 Å². The highest BCUT2D eigenvalue weighted by Crippen LogP contribution is 2.32. The maximum absolute atomic E-state index is 9.88. The maximum atomic E-state index is 9.88. The molecule has 0 radical (unpaired) electrons. The van der Waals surface area contributed by atoms with E-state index in [1.807, 2.05) is 0 Å². The number of carbonyl (C=O) groups is 1. The fourth-order valence-corrected chi connectivity index (χ4v) is 0.896. The van der Waals surface area contributed by atoms with E-state index in [1.165, 1.54) is 16.1 Å². The van der Waals surface area contributed by atoms with Crippen molar-refractivity contribution in [2.45, 2.75) is 0 Å². The summed E-state index contributed by atoms with van der Waals surface area (Å²) in [5.74, 6) is 0. The third-order valence-electron chi connectivity index (χ3n) is 1.45. The first-order valence-corrected chi connectivity index (χ1v) is 3.93. The topological polar surface area (TPSA) is 58.4 Å². The highest BCUT2D eigenvalue weighted by Gasteiger charge is 2.06. The zero-order valence-electron chi connectivity index (χ0n) is 7.74. The lowest BCUT2D eigenvalue weighted by Crippen LogP contribution is -2.39. The summed E-state index contributed by atoms with van der Waals surface area (Å²) in [5.41, 5.74) is 9.83. The van der Waals surface area contributed by atoms with Crippen molar-refractivity contribution in [3.05, 3.63) is 24.3 Å². The van der Waals surface area contributed by atoms with Crippen LogP contribution in [-0.2, 0) is 0 Å². The third kappa shape index (κ3) is 3.57. The smallest absolute Gasteiger partial charge is 0.326 e. The Kier molecular flexibility index (Phi) is 2.87. The number of hydrazine groups is 1. The first-order valence-electron chi connectivity index (χ1n) is 3.93. The van der Waals surface area contributed by atoms with E-state index in [9.17, 15) is 4.79 Å². The van der Waals surface area contributed by atoms with Crippen molar-refractivity contribution in [2.24, 2.45) is 5.73 Å². The van der Waals surface area contributed by atoms with Crippen LogP contribution in [0.5, 0.6) is 0 Å². The molecule has 0 bridgehead atoms. The first kappa shape index (κ1) is 9.54. The summed E-state index contributed by atoms with van der Waals surface area (Å²) in [6.45, 7) is 0. The summed E-state index contributed by atoms with van der Waals surface area (Å²) in [6.07, 6.45) is 0. The van der Waals surface area contributed by atoms with E-state index >= 15 is 0 Å². The summed E-state index contributed by atoms with van der Waals surface area (Å²) < 4.78 is 0. The molecular formula is C9H13N3O. The fraction of sp³-hybridized carbons (Fsp3) is 0.222. The Balaban J connectivity index is 0.000000130. The van der Waals surface area contributed by atoms with Crippen molar-refractivity contribution in [1.29, 1.82) is 0 Å². The van der Waals surface area contributed by atoms with Gasteiger partial charge in [0.1, 0.15) is 0 Å². The molecule has 3 N–H and O–H groups in total. The standard InChI is InChI=1S/C6H4.C3H9N3O/c1-2-5-4-6(5)3-1;1-6(2)5-3(4)7/h1-4H;1-2H3,(H3,4,5,7). The number of nitrogens with one attached hydrogen (secondary N) is 1. The van der Waals surface area contributed by atoms with Crippen molar-refractivity contribution in [1.82, 2.24) is 10.4 Å². The summed E-state index contributed by atoms with van der Waals surface area (Å²) in [7, 11) is 3.37. The average molecular weight is 179 g/mol. The van der Waals surface area contributed by atoms with Crippen molar-refractivity contribution in [3.63, 3.8) is 0 Å². The van der Waals surface area contributed by atoms with Gasteiger partial charge < -0.3 is 5.73 Å². The highest BCUT2D eigenvalue weighted by atomic mass is 16.2. The van der Waals surface area contributed by atoms with Gasteiger partial charge in [0.2, 0.25) is 0 Å². The largest absolute Gasteiger partial charge is 0.351 e. The number of nitrogens with two attached hydrogens (primary N) is 1. The van der Waals surface area contributed by atoms with Gasteiger partial charge in [-0.3, -0.25) is 5.43 Å². The number of primary amides is 1. The Morgan fingerprint density at radius 3 is 2.00 bits per heavy atom. The van der Waals surface area contributed by atoms with Crippen LogP contribution < -0.4 is 11.2 Å². The summed E-state index contributed by atoms with van der Waals surface area (Å²) in [5, 5.41) is 1.47. The number of nitrogens with zero attached hydrogens (tertiary/aromatic N) is 1. The quantitative estimate of drug-likeness (QED) is 0.636. The zero-order chi connectivity index (χ0) is 9.84. The van der Waals surface area contributed by atoms with Gasteiger partial charge in [0.25, 0.3) is 0 Å². The second kappa shape index (κ2) is 3.91. The van der Waals surface area contributed by atoms with Crippen LogP contribution in [0.3, 0.4) is 0 Å². The van der Waals surface area contributed by atoms with Crippen molar-refractivity contribution in [3.8, 4) is 11.1 Å². The number of hydrogen-bond acceptors (Lipinski definition) is 2. The van der Waals surface area contributed by atoms with Crippen LogP contribution in [0, 0.1) is 0 Å². The molecular weight excluding hydrogens is 166 g/mol. The summed E-state index contributed by atoms with van der Waals surface area (Å²) in [4.78, 5) is 9.88. The Hall–Kier alpha value is -1.55. The van der Waals surface area contributed by atoms with Gasteiger partial charge in [-0.25, -0.2) is 9.80 Å². The minimum absolute atomic E-state index is 0.537. The predicted octanol–water partition coefficient (Wildman–Crippen LogP) is 0.798. The number of urea groups is 1. The number of fused-ring (bicyclic) bond motifs is 1. The molecule has 2 aliphatic carbocycles. The lowest BCUT2D eigenvalue weighted by molar-refractivity contribution is 0.221. The number of rotatable bonds is 1. The van der Waals surface area contributed by atoms with Crippen molar-refractivity contribution >= 4 is 6.03 Å². The summed E-state index contributed by atoms with van der Waals surface area (Å²) in [6, 6.07) is 7.94. The molecule has 0 atom stereocenters. The van der Waals surface area contributed by atoms with Gasteiger partial charge in [-0.2, -0.15) is 0 Å². The lowest BCUT2D eigenvalue weighted by Gasteiger charge is -2.06. The molecule has 4 heteroatoms. The Morgan fingerprint density at radius 1 is 1.38 bits per heavy atom. The molecule has 0 unspecified atom stereocenters. The molecule has 0 saturated heterocycles. The van der Waals surface area contributed by atoms with Crippen molar-refractivity contribution in [2.75, 3.05) is 14.1 Å². The second-order valence-electron chi connectivity index (χ2n) is 2.95. The molecule has 0 heterocycles. The fourth-order valence-electron chi connectivity index (χ4n) is 0.896. The van der Waals surface area contributed by atoms with Crippen LogP contribution in [0.4, 0.5) is 4.79 Å². The maximum Gasteiger partial charge on any atom is 0.326 e. The SMILES string of the molecule is CN(C)NC(N)=O.c1cc2cc-2c1. The minimum atomic E-state index is -0.537. The monoisotopic (exact) mass is 179 g/mol. The molecule has 0 aromatic heterocycles.